The first kappa shape index (κ1) is 46.5. The summed E-state index contributed by atoms with van der Waals surface area (Å²) >= 11 is 0. The number of ether oxygens (including phenoxy) is 4. The molecule has 1 saturated heterocycles. The number of phenols is 3. The number of hydrogen-bond acceptors (Lipinski definition) is 15. The normalized spacial score (nSPS) is 31.2. The zero-order valence-corrected chi connectivity index (χ0v) is 36.1. The highest BCUT2D eigenvalue weighted by molar-refractivity contribution is 6.23. The van der Waals surface area contributed by atoms with Gasteiger partial charge in [0, 0.05) is 87.3 Å². The van der Waals surface area contributed by atoms with Crippen molar-refractivity contribution in [3.8, 4) is 35.3 Å². The van der Waals surface area contributed by atoms with Gasteiger partial charge >= 0.3 is 11.8 Å². The third-order valence-electron chi connectivity index (χ3n) is 12.0. The summed E-state index contributed by atoms with van der Waals surface area (Å²) in [7, 11) is 1.43. The van der Waals surface area contributed by atoms with E-state index in [1.54, 1.807) is 44.9 Å². The van der Waals surface area contributed by atoms with Crippen LogP contribution < -0.4 is 10.1 Å². The second-order valence-corrected chi connectivity index (χ2v) is 16.3. The topological polar surface area (TPSA) is 220 Å². The Morgan fingerprint density at radius 1 is 1.00 bits per heavy atom. The van der Waals surface area contributed by atoms with Crippen LogP contribution in [-0.4, -0.2) is 129 Å². The van der Waals surface area contributed by atoms with E-state index >= 15 is 0 Å². The second kappa shape index (κ2) is 19.0. The van der Waals surface area contributed by atoms with Gasteiger partial charge in [0.15, 0.2) is 5.75 Å². The lowest BCUT2D eigenvalue weighted by Crippen LogP contribution is -2.46. The first-order valence-electron chi connectivity index (χ1n) is 20.3. The number of hydrazone groups is 1. The van der Waals surface area contributed by atoms with Gasteiger partial charge in [0.05, 0.1) is 59.5 Å². The molecule has 16 heteroatoms. The van der Waals surface area contributed by atoms with Crippen LogP contribution >= 0.6 is 0 Å². The van der Waals surface area contributed by atoms with Gasteiger partial charge in [0.1, 0.15) is 23.4 Å². The number of esters is 1. The summed E-state index contributed by atoms with van der Waals surface area (Å²) in [4.78, 5) is 42.7. The van der Waals surface area contributed by atoms with Crippen LogP contribution in [0.1, 0.15) is 70.0 Å². The second-order valence-electron chi connectivity index (χ2n) is 16.3. The number of aliphatic hydroxyl groups excluding tert-OH is 2. The van der Waals surface area contributed by atoms with Gasteiger partial charge in [-0.3, -0.25) is 24.3 Å². The molecule has 4 aliphatic rings. The number of benzene rings is 2. The Morgan fingerprint density at radius 2 is 1.67 bits per heavy atom. The number of allylic oxidation sites excluding steroid dienone is 2. The minimum atomic E-state index is -2.06. The van der Waals surface area contributed by atoms with E-state index in [0.29, 0.717) is 32.7 Å². The maximum absolute atomic E-state index is 14.5. The van der Waals surface area contributed by atoms with Crippen molar-refractivity contribution in [3.63, 3.8) is 0 Å². The Kier molecular flexibility index (Phi) is 14.5. The molecule has 1 amide bonds. The SMILES string of the molecule is C#CCN1CCN(/N=C\c2c3c(O)c4c(O)c(C)c5c(c4c2O)C(=O)C(C)(O/C=C/C(OC)C(C)C(OC(C)=O)C(C)C(O)C(C)C(O)C(C)/C=C/C=C(\C)C(=O)N3)O5)CC1. The zero-order valence-electron chi connectivity index (χ0n) is 36.1. The predicted octanol–water partition coefficient (Wildman–Crippen LogP) is 4.34. The average Bonchev–Trinajstić information content (AvgIpc) is 3.49. The highest BCUT2D eigenvalue weighted by Gasteiger charge is 2.50. The number of Topliss-reactive ketones (excluding diaryl/α,β-unsaturated/α-hetero) is 1. The summed E-state index contributed by atoms with van der Waals surface area (Å²) in [5.41, 5.74) is -0.438. The Morgan fingerprint density at radius 3 is 2.30 bits per heavy atom. The van der Waals surface area contributed by atoms with E-state index in [-0.39, 0.29) is 44.5 Å². The van der Waals surface area contributed by atoms with Crippen molar-refractivity contribution >= 4 is 40.3 Å². The van der Waals surface area contributed by atoms with E-state index in [4.69, 9.17) is 25.4 Å². The largest absolute Gasteiger partial charge is 0.507 e. The van der Waals surface area contributed by atoms with Crippen molar-refractivity contribution in [1.82, 2.24) is 9.91 Å². The highest BCUT2D eigenvalue weighted by atomic mass is 16.7. The first-order valence-corrected chi connectivity index (χ1v) is 20.3. The van der Waals surface area contributed by atoms with Crippen molar-refractivity contribution in [3.05, 3.63) is 52.8 Å². The van der Waals surface area contributed by atoms with Crippen LogP contribution in [-0.2, 0) is 23.8 Å². The number of nitrogens with zero attached hydrogens (tertiary/aromatic N) is 3. The van der Waals surface area contributed by atoms with Crippen molar-refractivity contribution < 1.29 is 58.9 Å². The van der Waals surface area contributed by atoms with Gasteiger partial charge in [-0.2, -0.15) is 5.10 Å². The van der Waals surface area contributed by atoms with E-state index in [1.807, 2.05) is 0 Å². The highest BCUT2D eigenvalue weighted by Crippen LogP contribution is 2.55. The van der Waals surface area contributed by atoms with Gasteiger partial charge in [0.25, 0.3) is 11.7 Å². The number of amides is 1. The number of anilines is 1. The number of carbonyl (C=O) groups excluding carboxylic acids is 3. The molecule has 1 fully saturated rings. The number of fused-ring (bicyclic) bond motifs is 14. The van der Waals surface area contributed by atoms with Crippen LogP contribution in [0.25, 0.3) is 10.8 Å². The molecule has 0 aromatic heterocycles. The lowest BCUT2D eigenvalue weighted by Gasteiger charge is -2.38. The van der Waals surface area contributed by atoms with E-state index in [0.717, 1.165) is 0 Å². The van der Waals surface area contributed by atoms with E-state index in [2.05, 4.69) is 21.2 Å². The summed E-state index contributed by atoms with van der Waals surface area (Å²) in [6.45, 7) is 15.1. The molecule has 0 spiro atoms. The van der Waals surface area contributed by atoms with Gasteiger partial charge < -0.3 is 49.8 Å². The third-order valence-corrected chi connectivity index (χ3v) is 12.0. The van der Waals surface area contributed by atoms with Crippen LogP contribution in [0.3, 0.4) is 0 Å². The summed E-state index contributed by atoms with van der Waals surface area (Å²) in [5.74, 6) is -5.87. The summed E-state index contributed by atoms with van der Waals surface area (Å²) in [5, 5.41) is 66.9. The smallest absolute Gasteiger partial charge is 0.312 e. The number of aromatic hydroxyl groups is 3. The fraction of sp³-hybridized carbons (Fsp3) is 0.511. The third kappa shape index (κ3) is 9.35. The minimum Gasteiger partial charge on any atom is -0.507 e. The van der Waals surface area contributed by atoms with Crippen molar-refractivity contribution in [2.45, 2.75) is 85.6 Å². The molecule has 0 radical (unpaired) electrons. The Balaban J connectivity index is 1.69. The number of piperazine rings is 1. The summed E-state index contributed by atoms with van der Waals surface area (Å²) < 4.78 is 23.6. The Bertz CT molecular complexity index is 2190. The average molecular weight is 847 g/mol. The summed E-state index contributed by atoms with van der Waals surface area (Å²) in [6, 6.07) is 0. The molecular formula is C45H58N4O12. The molecule has 4 aliphatic heterocycles. The number of terminal acetylenes is 1. The molecule has 16 nitrogen and oxygen atoms in total. The molecule has 6 N–H and O–H groups in total. The molecule has 9 atom stereocenters. The van der Waals surface area contributed by atoms with E-state index in [9.17, 15) is 39.9 Å². The van der Waals surface area contributed by atoms with Gasteiger partial charge in [0.2, 0.25) is 0 Å². The number of nitrogens with one attached hydrogen (secondary N) is 1. The van der Waals surface area contributed by atoms with Gasteiger partial charge in [-0.15, -0.1) is 6.42 Å². The number of aliphatic hydroxyl groups is 2. The standard InChI is InChI=1S/C45H58N4O12/c1-11-16-48-17-19-49(20-18-48)46-22-30-35-40(55)33-32(39(30)54)34-42(28(7)38(33)53)61-45(9,43(34)56)59-21-15-31(58-10)25(4)41(60-29(8)50)27(6)37(52)26(5)36(51)23(2)13-12-14-24(3)44(57)47-35/h1,12-15,21-23,25-27,31,36-37,41,51-55H,16-20H2,2-10H3,(H,47,57)/b13-12+,21-15+,24-14+,46-22-. The Labute approximate surface area is 356 Å². The number of rotatable bonds is 5. The number of methoxy groups -OCH3 is 1. The molecule has 9 unspecified atom stereocenters. The fourth-order valence-electron chi connectivity index (χ4n) is 8.15. The molecule has 2 aromatic rings. The van der Waals surface area contributed by atoms with Crippen molar-refractivity contribution in [1.29, 1.82) is 0 Å². The van der Waals surface area contributed by atoms with Crippen LogP contribution in [0.5, 0.6) is 23.0 Å². The van der Waals surface area contributed by atoms with E-state index < -0.39 is 88.8 Å². The van der Waals surface area contributed by atoms with Gasteiger partial charge in [-0.25, -0.2) is 0 Å². The van der Waals surface area contributed by atoms with Crippen molar-refractivity contribution in [2.75, 3.05) is 45.2 Å². The molecular weight excluding hydrogens is 789 g/mol. The van der Waals surface area contributed by atoms with E-state index in [1.165, 1.54) is 59.4 Å². The van der Waals surface area contributed by atoms with Crippen molar-refractivity contribution in [2.24, 2.45) is 28.8 Å². The quantitative estimate of drug-likeness (QED) is 0.0811. The van der Waals surface area contributed by atoms with Crippen LogP contribution in [0.15, 0.2) is 41.2 Å². The Hall–Kier alpha value is -5.60. The molecule has 2 aromatic carbocycles. The lowest BCUT2D eigenvalue weighted by atomic mass is 9.78. The first-order chi connectivity index (χ1) is 28.8. The lowest BCUT2D eigenvalue weighted by molar-refractivity contribution is -0.160. The monoisotopic (exact) mass is 846 g/mol. The molecule has 6 rings (SSSR count). The van der Waals surface area contributed by atoms with Gasteiger partial charge in [-0.1, -0.05) is 51.8 Å². The molecule has 61 heavy (non-hydrogen) atoms. The van der Waals surface area contributed by atoms with Crippen LogP contribution in [0, 0.1) is 42.9 Å². The number of phenolic OH excluding ortho intramolecular Hbond substituents is 3. The predicted molar refractivity (Wildman–Crippen MR) is 228 cm³/mol. The maximum atomic E-state index is 14.5. The molecule has 330 valence electrons. The van der Waals surface area contributed by atoms with Crippen LogP contribution in [0.4, 0.5) is 5.69 Å². The number of ketones is 1. The molecule has 5 bridgehead atoms. The van der Waals surface area contributed by atoms with Gasteiger partial charge in [-0.05, 0) is 19.9 Å². The molecule has 4 heterocycles. The summed E-state index contributed by atoms with van der Waals surface area (Å²) in [6.07, 6.45) is 10.3. The maximum Gasteiger partial charge on any atom is 0.312 e. The number of hydrogen-bond donors (Lipinski definition) is 6. The number of carbonyl (C=O) groups is 3. The molecule has 0 aliphatic carbocycles. The minimum absolute atomic E-state index is 0.0443. The molecule has 0 saturated carbocycles. The fourth-order valence-corrected chi connectivity index (χ4v) is 8.15. The zero-order chi connectivity index (χ0) is 45.1. The van der Waals surface area contributed by atoms with Crippen LogP contribution in [0.2, 0.25) is 0 Å².